The van der Waals surface area contributed by atoms with Gasteiger partial charge in [-0.25, -0.2) is 4.98 Å². The van der Waals surface area contributed by atoms with Crippen molar-refractivity contribution < 1.29 is 0 Å². The van der Waals surface area contributed by atoms with Gasteiger partial charge in [-0.15, -0.1) is 11.3 Å². The predicted octanol–water partition coefficient (Wildman–Crippen LogP) is 1.74. The van der Waals surface area contributed by atoms with E-state index < -0.39 is 0 Å². The van der Waals surface area contributed by atoms with Gasteiger partial charge in [-0.3, -0.25) is 14.1 Å². The average Bonchev–Trinajstić information content (AvgIpc) is 3.04. The van der Waals surface area contributed by atoms with Crippen LogP contribution in [0.3, 0.4) is 0 Å². The van der Waals surface area contributed by atoms with E-state index in [2.05, 4.69) is 16.8 Å². The lowest BCUT2D eigenvalue weighted by Gasteiger charge is -2.18. The third-order valence-electron chi connectivity index (χ3n) is 3.19. The van der Waals surface area contributed by atoms with Crippen LogP contribution in [0.5, 0.6) is 0 Å². The first kappa shape index (κ1) is 10.9. The van der Waals surface area contributed by atoms with E-state index in [4.69, 9.17) is 0 Å². The molecule has 2 heterocycles. The van der Waals surface area contributed by atoms with Crippen molar-refractivity contribution in [2.75, 3.05) is 6.54 Å². The smallest absolute Gasteiger partial charge is 0.258 e. The molecule has 4 nitrogen and oxygen atoms in total. The lowest BCUT2D eigenvalue weighted by atomic mass is 10.3. The summed E-state index contributed by atoms with van der Waals surface area (Å²) in [6, 6.07) is 2.37. The second kappa shape index (κ2) is 4.23. The Morgan fingerprint density at radius 2 is 2.41 bits per heavy atom. The van der Waals surface area contributed by atoms with Crippen molar-refractivity contribution in [2.24, 2.45) is 0 Å². The van der Waals surface area contributed by atoms with Crippen LogP contribution in [-0.4, -0.2) is 26.9 Å². The van der Waals surface area contributed by atoms with Crippen LogP contribution in [0.1, 0.15) is 25.5 Å². The van der Waals surface area contributed by atoms with Crippen LogP contribution < -0.4 is 5.56 Å². The van der Waals surface area contributed by atoms with Crippen molar-refractivity contribution in [3.05, 3.63) is 33.7 Å². The van der Waals surface area contributed by atoms with E-state index in [0.717, 1.165) is 23.7 Å². The van der Waals surface area contributed by atoms with Crippen LogP contribution in [0, 0.1) is 0 Å². The normalized spacial score (nSPS) is 15.9. The van der Waals surface area contributed by atoms with Gasteiger partial charge < -0.3 is 0 Å². The molecule has 0 amide bonds. The molecule has 5 heteroatoms. The molecule has 3 rings (SSSR count). The third-order valence-corrected chi connectivity index (χ3v) is 3.95. The van der Waals surface area contributed by atoms with Crippen LogP contribution in [0.4, 0.5) is 0 Å². The molecule has 0 N–H and O–H groups in total. The number of thiazole rings is 1. The number of aromatic nitrogens is 2. The van der Waals surface area contributed by atoms with Crippen molar-refractivity contribution in [3.8, 4) is 0 Å². The Balaban J connectivity index is 1.91. The number of hydrogen-bond donors (Lipinski definition) is 0. The van der Waals surface area contributed by atoms with E-state index >= 15 is 0 Å². The molecule has 0 bridgehead atoms. The molecule has 17 heavy (non-hydrogen) atoms. The van der Waals surface area contributed by atoms with E-state index in [1.165, 1.54) is 24.2 Å². The Labute approximate surface area is 104 Å². The molecular formula is C12H15N3OS. The second-order valence-electron chi connectivity index (χ2n) is 4.44. The quantitative estimate of drug-likeness (QED) is 0.828. The van der Waals surface area contributed by atoms with Gasteiger partial charge in [-0.1, -0.05) is 6.92 Å². The summed E-state index contributed by atoms with van der Waals surface area (Å²) in [7, 11) is 0. The SMILES string of the molecule is CCN(Cc1cc(=O)n2ccsc2n1)C1CC1. The standard InChI is InChI=1S/C12H15N3OS/c1-2-14(10-3-4-10)8-9-7-11(16)15-5-6-17-12(15)13-9/h5-7,10H,2-4,8H2,1H3. The van der Waals surface area contributed by atoms with E-state index in [-0.39, 0.29) is 5.56 Å². The maximum atomic E-state index is 11.8. The number of nitrogens with zero attached hydrogens (tertiary/aromatic N) is 3. The minimum atomic E-state index is 0.0260. The highest BCUT2D eigenvalue weighted by Crippen LogP contribution is 2.27. The van der Waals surface area contributed by atoms with Crippen molar-refractivity contribution in [1.82, 2.24) is 14.3 Å². The molecule has 0 spiro atoms. The summed E-state index contributed by atoms with van der Waals surface area (Å²) >= 11 is 1.51. The highest BCUT2D eigenvalue weighted by atomic mass is 32.1. The summed E-state index contributed by atoms with van der Waals surface area (Å²) in [5, 5.41) is 1.89. The minimum Gasteiger partial charge on any atom is -0.295 e. The zero-order valence-corrected chi connectivity index (χ0v) is 10.6. The zero-order valence-electron chi connectivity index (χ0n) is 9.80. The van der Waals surface area contributed by atoms with E-state index in [1.54, 1.807) is 16.7 Å². The Kier molecular flexibility index (Phi) is 2.72. The second-order valence-corrected chi connectivity index (χ2v) is 5.31. The van der Waals surface area contributed by atoms with Gasteiger partial charge in [0.2, 0.25) is 0 Å². The molecule has 1 fully saturated rings. The van der Waals surface area contributed by atoms with E-state index in [1.807, 2.05) is 5.38 Å². The fourth-order valence-electron chi connectivity index (χ4n) is 2.12. The highest BCUT2D eigenvalue weighted by Gasteiger charge is 2.28. The molecule has 90 valence electrons. The van der Waals surface area contributed by atoms with E-state index in [9.17, 15) is 4.79 Å². The van der Waals surface area contributed by atoms with Gasteiger partial charge in [0, 0.05) is 30.2 Å². The van der Waals surface area contributed by atoms with Crippen LogP contribution in [-0.2, 0) is 6.54 Å². The highest BCUT2D eigenvalue weighted by molar-refractivity contribution is 7.15. The predicted molar refractivity (Wildman–Crippen MR) is 68.4 cm³/mol. The molecule has 0 radical (unpaired) electrons. The first-order chi connectivity index (χ1) is 8.28. The Morgan fingerprint density at radius 3 is 3.12 bits per heavy atom. The molecule has 0 aliphatic heterocycles. The Morgan fingerprint density at radius 1 is 1.59 bits per heavy atom. The molecule has 2 aromatic heterocycles. The molecule has 0 saturated heterocycles. The number of rotatable bonds is 4. The molecular weight excluding hydrogens is 234 g/mol. The maximum absolute atomic E-state index is 11.8. The van der Waals surface area contributed by atoms with Gasteiger partial charge in [-0.2, -0.15) is 0 Å². The van der Waals surface area contributed by atoms with Crippen LogP contribution in [0.15, 0.2) is 22.4 Å². The fraction of sp³-hybridized carbons (Fsp3) is 0.500. The maximum Gasteiger partial charge on any atom is 0.258 e. The van der Waals surface area contributed by atoms with Crippen LogP contribution in [0.25, 0.3) is 4.96 Å². The zero-order chi connectivity index (χ0) is 11.8. The summed E-state index contributed by atoms with van der Waals surface area (Å²) in [5.41, 5.74) is 0.921. The average molecular weight is 249 g/mol. The lowest BCUT2D eigenvalue weighted by Crippen LogP contribution is -2.26. The first-order valence-electron chi connectivity index (χ1n) is 5.98. The van der Waals surface area contributed by atoms with E-state index in [0.29, 0.717) is 6.04 Å². The van der Waals surface area contributed by atoms with Gasteiger partial charge >= 0.3 is 0 Å². The van der Waals surface area contributed by atoms with Crippen molar-refractivity contribution in [1.29, 1.82) is 0 Å². The third kappa shape index (κ3) is 2.12. The van der Waals surface area contributed by atoms with Crippen molar-refractivity contribution in [3.63, 3.8) is 0 Å². The minimum absolute atomic E-state index is 0.0260. The van der Waals surface area contributed by atoms with Crippen LogP contribution >= 0.6 is 11.3 Å². The number of hydrogen-bond acceptors (Lipinski definition) is 4. The van der Waals surface area contributed by atoms with Gasteiger partial charge in [0.05, 0.1) is 5.69 Å². The number of fused-ring (bicyclic) bond motifs is 1. The monoisotopic (exact) mass is 249 g/mol. The summed E-state index contributed by atoms with van der Waals surface area (Å²) in [5.74, 6) is 0. The van der Waals surface area contributed by atoms with Crippen molar-refractivity contribution >= 4 is 16.3 Å². The molecule has 0 atom stereocenters. The molecule has 1 aliphatic carbocycles. The fourth-order valence-corrected chi connectivity index (χ4v) is 2.85. The molecule has 1 aliphatic rings. The lowest BCUT2D eigenvalue weighted by molar-refractivity contribution is 0.266. The molecule has 0 unspecified atom stereocenters. The Hall–Kier alpha value is -1.20. The topological polar surface area (TPSA) is 37.6 Å². The van der Waals surface area contributed by atoms with Gasteiger partial charge in [0.1, 0.15) is 0 Å². The molecule has 1 saturated carbocycles. The van der Waals surface area contributed by atoms with Gasteiger partial charge in [0.15, 0.2) is 4.96 Å². The summed E-state index contributed by atoms with van der Waals surface area (Å²) in [4.78, 5) is 19.5. The van der Waals surface area contributed by atoms with Gasteiger partial charge in [0.25, 0.3) is 5.56 Å². The molecule has 0 aromatic carbocycles. The summed E-state index contributed by atoms with van der Waals surface area (Å²) in [6.45, 7) is 3.98. The van der Waals surface area contributed by atoms with Gasteiger partial charge in [-0.05, 0) is 19.4 Å². The Bertz CT molecular complexity index is 585. The molecule has 2 aromatic rings. The van der Waals surface area contributed by atoms with Crippen LogP contribution in [0.2, 0.25) is 0 Å². The summed E-state index contributed by atoms with van der Waals surface area (Å²) < 4.78 is 1.60. The summed E-state index contributed by atoms with van der Waals surface area (Å²) in [6.07, 6.45) is 4.35. The van der Waals surface area contributed by atoms with Crippen molar-refractivity contribution in [2.45, 2.75) is 32.4 Å². The largest absolute Gasteiger partial charge is 0.295 e. The first-order valence-corrected chi connectivity index (χ1v) is 6.85.